The fraction of sp³-hybridized carbons (Fsp3) is 0.263. The summed E-state index contributed by atoms with van der Waals surface area (Å²) >= 11 is 0. The fourth-order valence-corrected chi connectivity index (χ4v) is 3.08. The SMILES string of the molecule is C=C/C=C(\C(F)=C/C)c1cn2c3c(cc(F)cc13)CCC2.CN. The maximum atomic E-state index is 14.2. The van der Waals surface area contributed by atoms with Crippen LogP contribution in [0.2, 0.25) is 0 Å². The van der Waals surface area contributed by atoms with E-state index in [1.807, 2.05) is 6.20 Å². The Labute approximate surface area is 135 Å². The zero-order valence-electron chi connectivity index (χ0n) is 13.6. The Hall–Kier alpha value is -2.20. The number of halogens is 2. The summed E-state index contributed by atoms with van der Waals surface area (Å²) in [5.74, 6) is -0.587. The van der Waals surface area contributed by atoms with Gasteiger partial charge in [-0.2, -0.15) is 0 Å². The topological polar surface area (TPSA) is 30.9 Å². The number of nitrogens with two attached hydrogens (primary N) is 1. The van der Waals surface area contributed by atoms with Gasteiger partial charge in [0, 0.05) is 29.3 Å². The standard InChI is InChI=1S/C18H17F2N.CH5N/c1-3-6-14(17(20)4-2)16-11-21-8-5-7-12-9-13(19)10-15(16)18(12)21;1-2/h3-4,6,9-11H,1,5,7-8H2,2H3;2H2,1H3/b14-6-,17-4+;. The molecule has 0 aliphatic carbocycles. The lowest BCUT2D eigenvalue weighted by Crippen LogP contribution is -2.06. The van der Waals surface area contributed by atoms with E-state index in [-0.39, 0.29) is 11.6 Å². The second kappa shape index (κ2) is 7.38. The minimum Gasteiger partial charge on any atom is -0.347 e. The van der Waals surface area contributed by atoms with E-state index in [4.69, 9.17) is 0 Å². The molecule has 4 heteroatoms. The predicted molar refractivity (Wildman–Crippen MR) is 93.4 cm³/mol. The summed E-state index contributed by atoms with van der Waals surface area (Å²) < 4.78 is 30.1. The summed E-state index contributed by atoms with van der Waals surface area (Å²) in [7, 11) is 1.50. The van der Waals surface area contributed by atoms with Crippen molar-refractivity contribution in [2.45, 2.75) is 26.3 Å². The molecule has 0 saturated carbocycles. The van der Waals surface area contributed by atoms with Crippen molar-refractivity contribution in [2.24, 2.45) is 5.73 Å². The molecule has 0 bridgehead atoms. The molecular formula is C19H22F2N2. The zero-order valence-corrected chi connectivity index (χ0v) is 13.6. The van der Waals surface area contributed by atoms with Crippen molar-refractivity contribution in [2.75, 3.05) is 7.05 Å². The first-order valence-electron chi connectivity index (χ1n) is 7.70. The number of benzene rings is 1. The molecule has 1 aromatic carbocycles. The second-order valence-electron chi connectivity index (χ2n) is 5.25. The molecule has 0 fully saturated rings. The van der Waals surface area contributed by atoms with Gasteiger partial charge in [-0.3, -0.25) is 0 Å². The van der Waals surface area contributed by atoms with Gasteiger partial charge in [-0.25, -0.2) is 8.78 Å². The summed E-state index contributed by atoms with van der Waals surface area (Å²) in [5, 5.41) is 0.773. The van der Waals surface area contributed by atoms with E-state index in [9.17, 15) is 8.78 Å². The summed E-state index contributed by atoms with van der Waals surface area (Å²) in [5.41, 5.74) is 7.70. The van der Waals surface area contributed by atoms with Crippen LogP contribution in [0.5, 0.6) is 0 Å². The quantitative estimate of drug-likeness (QED) is 0.814. The van der Waals surface area contributed by atoms with Crippen LogP contribution in [0.15, 0.2) is 49.0 Å². The lowest BCUT2D eigenvalue weighted by Gasteiger charge is -2.15. The lowest BCUT2D eigenvalue weighted by molar-refractivity contribution is 0.611. The Balaban J connectivity index is 0.000000924. The van der Waals surface area contributed by atoms with Crippen molar-refractivity contribution in [1.82, 2.24) is 4.57 Å². The first-order valence-corrected chi connectivity index (χ1v) is 7.70. The highest BCUT2D eigenvalue weighted by atomic mass is 19.1. The van der Waals surface area contributed by atoms with Gasteiger partial charge in [0.25, 0.3) is 0 Å². The Morgan fingerprint density at radius 1 is 1.35 bits per heavy atom. The second-order valence-corrected chi connectivity index (χ2v) is 5.25. The number of aromatic nitrogens is 1. The Morgan fingerprint density at radius 3 is 2.74 bits per heavy atom. The van der Waals surface area contributed by atoms with Crippen LogP contribution >= 0.6 is 0 Å². The summed E-state index contributed by atoms with van der Waals surface area (Å²) in [6.45, 7) is 6.18. The van der Waals surface area contributed by atoms with Crippen molar-refractivity contribution in [3.63, 3.8) is 0 Å². The number of hydrogen-bond donors (Lipinski definition) is 1. The highest BCUT2D eigenvalue weighted by Gasteiger charge is 2.20. The lowest BCUT2D eigenvalue weighted by atomic mass is 9.99. The molecule has 2 nitrogen and oxygen atoms in total. The zero-order chi connectivity index (χ0) is 17.0. The third-order valence-electron chi connectivity index (χ3n) is 3.95. The molecule has 3 rings (SSSR count). The molecule has 1 aliphatic heterocycles. The number of nitrogens with zero attached hydrogens (tertiary/aromatic N) is 1. The molecule has 2 N–H and O–H groups in total. The van der Waals surface area contributed by atoms with Gasteiger partial charge >= 0.3 is 0 Å². The molecule has 0 amide bonds. The maximum absolute atomic E-state index is 14.2. The van der Waals surface area contributed by atoms with Crippen LogP contribution in [0.4, 0.5) is 8.78 Å². The number of aryl methyl sites for hydroxylation is 2. The first kappa shape index (κ1) is 17.2. The van der Waals surface area contributed by atoms with Crippen LogP contribution in [-0.2, 0) is 13.0 Å². The van der Waals surface area contributed by atoms with Gasteiger partial charge in [0.2, 0.25) is 0 Å². The minimum atomic E-state index is -0.320. The van der Waals surface area contributed by atoms with Gasteiger partial charge in [0.05, 0.1) is 5.52 Å². The van der Waals surface area contributed by atoms with Crippen molar-refractivity contribution in [1.29, 1.82) is 0 Å². The maximum Gasteiger partial charge on any atom is 0.126 e. The van der Waals surface area contributed by atoms with Gasteiger partial charge in [-0.1, -0.05) is 24.8 Å². The van der Waals surface area contributed by atoms with E-state index in [0.717, 1.165) is 41.4 Å². The molecule has 1 aliphatic rings. The molecule has 2 aromatic rings. The van der Waals surface area contributed by atoms with E-state index < -0.39 is 0 Å². The number of allylic oxidation sites excluding steroid dienone is 5. The Morgan fingerprint density at radius 2 is 2.09 bits per heavy atom. The summed E-state index contributed by atoms with van der Waals surface area (Å²) in [6.07, 6.45) is 8.37. The van der Waals surface area contributed by atoms with Gasteiger partial charge in [0.15, 0.2) is 0 Å². The number of rotatable bonds is 3. The molecule has 122 valence electrons. The molecule has 0 radical (unpaired) electrons. The van der Waals surface area contributed by atoms with E-state index >= 15 is 0 Å². The Kier molecular flexibility index (Phi) is 5.50. The molecule has 0 atom stereocenters. The molecule has 2 heterocycles. The third-order valence-corrected chi connectivity index (χ3v) is 3.95. The van der Waals surface area contributed by atoms with E-state index in [1.165, 1.54) is 19.2 Å². The van der Waals surface area contributed by atoms with Crippen LogP contribution in [0.25, 0.3) is 16.5 Å². The van der Waals surface area contributed by atoms with Crippen LogP contribution in [0, 0.1) is 5.82 Å². The molecule has 1 aromatic heterocycles. The molecule has 0 unspecified atom stereocenters. The molecule has 23 heavy (non-hydrogen) atoms. The van der Waals surface area contributed by atoms with Gasteiger partial charge in [-0.05, 0) is 44.5 Å². The van der Waals surface area contributed by atoms with Crippen LogP contribution in [-0.4, -0.2) is 11.6 Å². The molecule has 0 saturated heterocycles. The highest BCUT2D eigenvalue weighted by Crippen LogP contribution is 2.36. The van der Waals surface area contributed by atoms with E-state index in [2.05, 4.69) is 16.9 Å². The van der Waals surface area contributed by atoms with Crippen molar-refractivity contribution in [3.8, 4) is 0 Å². The van der Waals surface area contributed by atoms with E-state index in [1.54, 1.807) is 25.1 Å². The van der Waals surface area contributed by atoms with Crippen molar-refractivity contribution < 1.29 is 8.78 Å². The normalized spacial score (nSPS) is 14.5. The third kappa shape index (κ3) is 3.13. The van der Waals surface area contributed by atoms with Gasteiger partial charge in [-0.15, -0.1) is 0 Å². The molecular weight excluding hydrogens is 294 g/mol. The van der Waals surface area contributed by atoms with Crippen LogP contribution < -0.4 is 5.73 Å². The van der Waals surface area contributed by atoms with Gasteiger partial charge < -0.3 is 10.3 Å². The molecule has 0 spiro atoms. The van der Waals surface area contributed by atoms with Gasteiger partial charge in [0.1, 0.15) is 11.6 Å². The van der Waals surface area contributed by atoms with Crippen LogP contribution in [0.3, 0.4) is 0 Å². The average Bonchev–Trinajstić information content (AvgIpc) is 2.93. The predicted octanol–water partition coefficient (Wildman–Crippen LogP) is 4.74. The highest BCUT2D eigenvalue weighted by molar-refractivity contribution is 5.98. The smallest absolute Gasteiger partial charge is 0.126 e. The average molecular weight is 316 g/mol. The monoisotopic (exact) mass is 316 g/mol. The fourth-order valence-electron chi connectivity index (χ4n) is 3.08. The van der Waals surface area contributed by atoms with Crippen molar-refractivity contribution in [3.05, 3.63) is 65.9 Å². The first-order chi connectivity index (χ1) is 11.2. The van der Waals surface area contributed by atoms with E-state index in [0.29, 0.717) is 5.57 Å². The largest absolute Gasteiger partial charge is 0.347 e. The summed E-state index contributed by atoms with van der Waals surface area (Å²) in [6, 6.07) is 3.08. The van der Waals surface area contributed by atoms with Crippen LogP contribution in [0.1, 0.15) is 24.5 Å². The van der Waals surface area contributed by atoms with Crippen molar-refractivity contribution >= 4 is 16.5 Å². The Bertz CT molecular complexity index is 782. The number of hydrogen-bond acceptors (Lipinski definition) is 1. The minimum absolute atomic E-state index is 0.266. The summed E-state index contributed by atoms with van der Waals surface area (Å²) in [4.78, 5) is 0.